The summed E-state index contributed by atoms with van der Waals surface area (Å²) in [5.74, 6) is -2.03. The Morgan fingerprint density at radius 2 is 1.82 bits per heavy atom. The van der Waals surface area contributed by atoms with Gasteiger partial charge in [0.1, 0.15) is 5.75 Å². The minimum absolute atomic E-state index is 0.128. The first-order valence-corrected chi connectivity index (χ1v) is 6.99. The van der Waals surface area contributed by atoms with Gasteiger partial charge in [0.2, 0.25) is 0 Å². The molecule has 0 aliphatic heterocycles. The van der Waals surface area contributed by atoms with Gasteiger partial charge in [-0.3, -0.25) is 4.79 Å². The van der Waals surface area contributed by atoms with Crippen molar-refractivity contribution in [3.63, 3.8) is 0 Å². The van der Waals surface area contributed by atoms with Crippen LogP contribution in [0.4, 0.5) is 8.78 Å². The highest BCUT2D eigenvalue weighted by atomic mass is 19.2. The van der Waals surface area contributed by atoms with E-state index in [0.717, 1.165) is 17.7 Å². The molecule has 3 nitrogen and oxygen atoms in total. The summed E-state index contributed by atoms with van der Waals surface area (Å²) in [6, 6.07) is 12.8. The van der Waals surface area contributed by atoms with Crippen molar-refractivity contribution in [3.8, 4) is 5.75 Å². The van der Waals surface area contributed by atoms with Crippen LogP contribution in [0.25, 0.3) is 0 Å². The lowest BCUT2D eigenvalue weighted by molar-refractivity contribution is -0.133. The summed E-state index contributed by atoms with van der Waals surface area (Å²) in [5.41, 5.74) is 1.02. The monoisotopic (exact) mass is 305 g/mol. The number of likely N-dealkylation sites (N-methyl/N-ethyl adjacent to an activating group) is 1. The van der Waals surface area contributed by atoms with Gasteiger partial charge in [-0.25, -0.2) is 8.78 Å². The zero-order valence-corrected chi connectivity index (χ0v) is 12.3. The van der Waals surface area contributed by atoms with Crippen molar-refractivity contribution in [2.45, 2.75) is 13.5 Å². The van der Waals surface area contributed by atoms with E-state index < -0.39 is 11.6 Å². The second-order valence-corrected chi connectivity index (χ2v) is 4.76. The predicted octanol–water partition coefficient (Wildman–Crippen LogP) is 3.39. The minimum atomic E-state index is -0.999. The van der Waals surface area contributed by atoms with Crippen molar-refractivity contribution in [1.29, 1.82) is 0 Å². The van der Waals surface area contributed by atoms with Gasteiger partial charge in [0.15, 0.2) is 18.2 Å². The number of hydrogen-bond acceptors (Lipinski definition) is 2. The molecule has 0 aromatic heterocycles. The lowest BCUT2D eigenvalue weighted by Crippen LogP contribution is -2.34. The van der Waals surface area contributed by atoms with Crippen molar-refractivity contribution >= 4 is 5.91 Å². The maximum atomic E-state index is 13.1. The third kappa shape index (κ3) is 4.28. The Hall–Kier alpha value is -2.43. The zero-order valence-electron chi connectivity index (χ0n) is 12.3. The summed E-state index contributed by atoms with van der Waals surface area (Å²) in [4.78, 5) is 13.8. The third-order valence-corrected chi connectivity index (χ3v) is 3.20. The lowest BCUT2D eigenvalue weighted by atomic mass is 10.2. The molecule has 2 aromatic carbocycles. The van der Waals surface area contributed by atoms with Crippen LogP contribution >= 0.6 is 0 Å². The average Bonchev–Trinajstić information content (AvgIpc) is 2.54. The smallest absolute Gasteiger partial charge is 0.260 e. The topological polar surface area (TPSA) is 29.5 Å². The fourth-order valence-electron chi connectivity index (χ4n) is 1.98. The number of rotatable bonds is 6. The summed E-state index contributed by atoms with van der Waals surface area (Å²) in [6.07, 6.45) is 0. The van der Waals surface area contributed by atoms with Gasteiger partial charge in [0.05, 0.1) is 0 Å². The molecule has 0 spiro atoms. The van der Waals surface area contributed by atoms with Gasteiger partial charge in [0, 0.05) is 19.2 Å². The maximum Gasteiger partial charge on any atom is 0.260 e. The fourth-order valence-corrected chi connectivity index (χ4v) is 1.98. The van der Waals surface area contributed by atoms with E-state index in [4.69, 9.17) is 4.74 Å². The van der Waals surface area contributed by atoms with Crippen LogP contribution in [0.5, 0.6) is 5.75 Å². The third-order valence-electron chi connectivity index (χ3n) is 3.20. The average molecular weight is 305 g/mol. The second kappa shape index (κ2) is 7.54. The molecular weight excluding hydrogens is 288 g/mol. The van der Waals surface area contributed by atoms with Crippen LogP contribution in [0.15, 0.2) is 48.5 Å². The second-order valence-electron chi connectivity index (χ2n) is 4.76. The Morgan fingerprint density at radius 1 is 1.09 bits per heavy atom. The van der Waals surface area contributed by atoms with Gasteiger partial charge < -0.3 is 9.64 Å². The molecule has 0 atom stereocenters. The van der Waals surface area contributed by atoms with Gasteiger partial charge in [-0.15, -0.1) is 0 Å². The molecule has 0 unspecified atom stereocenters. The Kier molecular flexibility index (Phi) is 5.47. The van der Waals surface area contributed by atoms with Crippen molar-refractivity contribution < 1.29 is 18.3 Å². The number of hydrogen-bond donors (Lipinski definition) is 0. The van der Waals surface area contributed by atoms with Gasteiger partial charge in [-0.2, -0.15) is 0 Å². The SMILES string of the molecule is CCN(Cc1ccccc1)C(=O)COc1ccc(F)c(F)c1. The van der Waals surface area contributed by atoms with Gasteiger partial charge in [-0.1, -0.05) is 30.3 Å². The summed E-state index contributed by atoms with van der Waals surface area (Å²) in [7, 11) is 0. The van der Waals surface area contributed by atoms with E-state index in [2.05, 4.69) is 0 Å². The molecule has 0 saturated carbocycles. The standard InChI is InChI=1S/C17H17F2NO2/c1-2-20(11-13-6-4-3-5-7-13)17(21)12-22-14-8-9-15(18)16(19)10-14/h3-10H,2,11-12H2,1H3. The van der Waals surface area contributed by atoms with E-state index in [0.29, 0.717) is 13.1 Å². The van der Waals surface area contributed by atoms with Crippen molar-refractivity contribution in [1.82, 2.24) is 4.90 Å². The van der Waals surface area contributed by atoms with Crippen LogP contribution in [0.1, 0.15) is 12.5 Å². The fraction of sp³-hybridized carbons (Fsp3) is 0.235. The first-order chi connectivity index (χ1) is 10.6. The van der Waals surface area contributed by atoms with E-state index in [1.54, 1.807) is 4.90 Å². The van der Waals surface area contributed by atoms with Gasteiger partial charge in [0.25, 0.3) is 5.91 Å². The largest absolute Gasteiger partial charge is 0.484 e. The molecule has 1 amide bonds. The van der Waals surface area contributed by atoms with E-state index >= 15 is 0 Å². The molecule has 2 aromatic rings. The number of benzene rings is 2. The molecular formula is C17H17F2NO2. The Labute approximate surface area is 128 Å². The molecule has 0 heterocycles. The van der Waals surface area contributed by atoms with Crippen LogP contribution in [0, 0.1) is 11.6 Å². The van der Waals surface area contributed by atoms with E-state index in [1.807, 2.05) is 37.3 Å². The predicted molar refractivity (Wildman–Crippen MR) is 79.4 cm³/mol. The number of halogens is 2. The quantitative estimate of drug-likeness (QED) is 0.818. The first kappa shape index (κ1) is 15.9. The van der Waals surface area contributed by atoms with Crippen molar-refractivity contribution in [2.75, 3.05) is 13.2 Å². The molecule has 0 saturated heterocycles. The molecule has 0 fully saturated rings. The van der Waals surface area contributed by atoms with Crippen LogP contribution in [-0.4, -0.2) is 24.0 Å². The molecule has 0 bridgehead atoms. The summed E-state index contributed by atoms with van der Waals surface area (Å²) in [5, 5.41) is 0. The number of ether oxygens (including phenoxy) is 1. The van der Waals surface area contributed by atoms with Crippen LogP contribution in [-0.2, 0) is 11.3 Å². The normalized spacial score (nSPS) is 10.3. The van der Waals surface area contributed by atoms with Gasteiger partial charge >= 0.3 is 0 Å². The lowest BCUT2D eigenvalue weighted by Gasteiger charge is -2.21. The molecule has 22 heavy (non-hydrogen) atoms. The number of amides is 1. The van der Waals surface area contributed by atoms with E-state index in [1.165, 1.54) is 6.07 Å². The molecule has 5 heteroatoms. The van der Waals surface area contributed by atoms with Crippen LogP contribution in [0.2, 0.25) is 0 Å². The Bertz CT molecular complexity index is 632. The van der Waals surface area contributed by atoms with E-state index in [9.17, 15) is 13.6 Å². The van der Waals surface area contributed by atoms with Crippen LogP contribution < -0.4 is 4.74 Å². The highest BCUT2D eigenvalue weighted by Gasteiger charge is 2.13. The minimum Gasteiger partial charge on any atom is -0.484 e. The molecule has 0 aliphatic carbocycles. The van der Waals surface area contributed by atoms with Crippen LogP contribution in [0.3, 0.4) is 0 Å². The van der Waals surface area contributed by atoms with E-state index in [-0.39, 0.29) is 18.3 Å². The number of carbonyl (C=O) groups is 1. The molecule has 116 valence electrons. The Morgan fingerprint density at radius 3 is 2.45 bits per heavy atom. The molecule has 0 aliphatic rings. The summed E-state index contributed by atoms with van der Waals surface area (Å²) < 4.78 is 31.1. The maximum absolute atomic E-state index is 13.1. The molecule has 0 N–H and O–H groups in total. The highest BCUT2D eigenvalue weighted by molar-refractivity contribution is 5.77. The number of nitrogens with zero attached hydrogens (tertiary/aromatic N) is 1. The number of carbonyl (C=O) groups excluding carboxylic acids is 1. The zero-order chi connectivity index (χ0) is 15.9. The van der Waals surface area contributed by atoms with Gasteiger partial charge in [-0.05, 0) is 24.6 Å². The van der Waals surface area contributed by atoms with Crippen molar-refractivity contribution in [2.24, 2.45) is 0 Å². The molecule has 2 rings (SSSR count). The summed E-state index contributed by atoms with van der Waals surface area (Å²) >= 11 is 0. The first-order valence-electron chi connectivity index (χ1n) is 6.99. The summed E-state index contributed by atoms with van der Waals surface area (Å²) in [6.45, 7) is 2.68. The highest BCUT2D eigenvalue weighted by Crippen LogP contribution is 2.15. The molecule has 0 radical (unpaired) electrons. The van der Waals surface area contributed by atoms with Crippen molar-refractivity contribution in [3.05, 3.63) is 65.7 Å². The Balaban J connectivity index is 1.93.